The molecule has 27 heavy (non-hydrogen) atoms. The number of halogens is 3. The Kier molecular flexibility index (Phi) is 4.44. The van der Waals surface area contributed by atoms with Gasteiger partial charge >= 0.3 is 12.5 Å². The number of carbonyl (C=O) groups is 2. The summed E-state index contributed by atoms with van der Waals surface area (Å²) < 4.78 is 62.0. The molecule has 3 rings (SSSR count). The van der Waals surface area contributed by atoms with Crippen LogP contribution in [-0.2, 0) is 9.53 Å². The fraction of sp³-hybridized carbons (Fsp3) is 0.158. The van der Waals surface area contributed by atoms with Crippen LogP contribution in [0.1, 0.15) is 19.9 Å². The van der Waals surface area contributed by atoms with Gasteiger partial charge in [0.05, 0.1) is 2.74 Å². The van der Waals surface area contributed by atoms with Gasteiger partial charge in [-0.2, -0.15) is 0 Å². The monoisotopic (exact) mass is 379 g/mol. The van der Waals surface area contributed by atoms with E-state index in [1.165, 1.54) is 30.3 Å². The average Bonchev–Trinajstić information content (AvgIpc) is 2.88. The minimum absolute atomic E-state index is 0.0509. The van der Waals surface area contributed by atoms with Crippen molar-refractivity contribution >= 4 is 18.1 Å². The first-order valence-corrected chi connectivity index (χ1v) is 7.72. The van der Waals surface area contributed by atoms with Crippen molar-refractivity contribution in [3.05, 3.63) is 71.8 Å². The Morgan fingerprint density at radius 2 is 1.85 bits per heavy atom. The summed E-state index contributed by atoms with van der Waals surface area (Å²) in [6, 6.07) is 11.8. The van der Waals surface area contributed by atoms with Crippen LogP contribution in [0.2, 0.25) is 0 Å². The molecule has 5 nitrogen and oxygen atoms in total. The highest BCUT2D eigenvalue weighted by Crippen LogP contribution is 2.29. The minimum Gasteiger partial charge on any atom is -0.446 e. The van der Waals surface area contributed by atoms with Crippen molar-refractivity contribution in [1.29, 1.82) is 0 Å². The first kappa shape index (κ1) is 15.9. The third-order valence-corrected chi connectivity index (χ3v) is 3.62. The van der Waals surface area contributed by atoms with Crippen molar-refractivity contribution in [2.45, 2.75) is 12.4 Å². The van der Waals surface area contributed by atoms with E-state index in [9.17, 15) is 22.8 Å². The number of benzene rings is 2. The van der Waals surface area contributed by atoms with Crippen LogP contribution in [0.15, 0.2) is 60.7 Å². The summed E-state index contributed by atoms with van der Waals surface area (Å²) in [5.74, 6) is -1.48. The highest BCUT2D eigenvalue weighted by molar-refractivity contribution is 6.02. The number of carbonyl (C=O) groups excluding carboxylic acids is 2. The minimum atomic E-state index is -4.92. The number of imide groups is 1. The summed E-state index contributed by atoms with van der Waals surface area (Å²) >= 11 is 0. The van der Waals surface area contributed by atoms with Gasteiger partial charge in [0.25, 0.3) is 5.91 Å². The van der Waals surface area contributed by atoms with E-state index < -0.39 is 36.7 Å². The van der Waals surface area contributed by atoms with E-state index >= 15 is 0 Å². The molecule has 1 unspecified atom stereocenters. The molecule has 2 aromatic rings. The van der Waals surface area contributed by atoms with Crippen LogP contribution in [0.5, 0.6) is 5.75 Å². The number of amides is 2. The number of hydrogen-bond acceptors (Lipinski definition) is 4. The molecule has 0 aliphatic carbocycles. The third kappa shape index (κ3) is 4.46. The lowest BCUT2D eigenvalue weighted by atomic mass is 10.1. The van der Waals surface area contributed by atoms with Crippen LogP contribution in [0, 0.1) is 0 Å². The average molecular weight is 379 g/mol. The number of hydrogen-bond donors (Lipinski definition) is 0. The van der Waals surface area contributed by atoms with E-state index in [2.05, 4.69) is 9.47 Å². The van der Waals surface area contributed by atoms with Crippen molar-refractivity contribution in [3.63, 3.8) is 0 Å². The molecule has 0 bridgehead atoms. The molecule has 1 fully saturated rings. The lowest BCUT2D eigenvalue weighted by Crippen LogP contribution is -2.32. The van der Waals surface area contributed by atoms with E-state index in [-0.39, 0.29) is 5.56 Å². The zero-order valence-electron chi connectivity index (χ0n) is 15.6. The zero-order chi connectivity index (χ0) is 21.2. The van der Waals surface area contributed by atoms with Crippen molar-refractivity contribution in [3.8, 4) is 5.75 Å². The van der Waals surface area contributed by atoms with Crippen LogP contribution in [0.4, 0.5) is 18.0 Å². The fourth-order valence-electron chi connectivity index (χ4n) is 2.46. The first-order chi connectivity index (χ1) is 13.6. The topological polar surface area (TPSA) is 55.8 Å². The van der Waals surface area contributed by atoms with Crippen molar-refractivity contribution < 1.29 is 35.0 Å². The Labute approximate surface area is 155 Å². The molecule has 0 saturated carbocycles. The van der Waals surface area contributed by atoms with Gasteiger partial charge in [-0.25, -0.2) is 9.69 Å². The van der Waals surface area contributed by atoms with Gasteiger partial charge in [0, 0.05) is 11.6 Å². The molecule has 1 saturated heterocycles. The second-order valence-corrected chi connectivity index (χ2v) is 5.43. The molecule has 1 heterocycles. The van der Waals surface area contributed by atoms with Crippen LogP contribution in [-0.4, -0.2) is 29.8 Å². The second kappa shape index (κ2) is 7.53. The third-order valence-electron chi connectivity index (χ3n) is 3.62. The Hall–Kier alpha value is -3.29. The summed E-state index contributed by atoms with van der Waals surface area (Å²) in [5.41, 5.74) is 0.274. The predicted octanol–water partition coefficient (Wildman–Crippen LogP) is 4.32. The maximum Gasteiger partial charge on any atom is 0.573 e. The van der Waals surface area contributed by atoms with Gasteiger partial charge < -0.3 is 9.47 Å². The van der Waals surface area contributed by atoms with Gasteiger partial charge in [-0.3, -0.25) is 4.79 Å². The molecule has 2 amide bonds. The molecule has 1 aliphatic heterocycles. The number of alkyl halides is 3. The predicted molar refractivity (Wildman–Crippen MR) is 89.5 cm³/mol. The molecule has 0 radical (unpaired) electrons. The number of para-hydroxylation sites is 1. The van der Waals surface area contributed by atoms with Gasteiger partial charge in [0.2, 0.25) is 0 Å². The number of rotatable bonds is 4. The van der Waals surface area contributed by atoms with Crippen molar-refractivity contribution in [2.75, 3.05) is 6.56 Å². The number of cyclic esters (lactones) is 1. The smallest absolute Gasteiger partial charge is 0.446 e. The highest BCUT2D eigenvalue weighted by atomic mass is 19.4. The Balaban J connectivity index is 1.89. The van der Waals surface area contributed by atoms with Crippen LogP contribution >= 0.6 is 0 Å². The van der Waals surface area contributed by atoms with Crippen LogP contribution < -0.4 is 4.74 Å². The molecule has 0 spiro atoms. The van der Waals surface area contributed by atoms with Crippen LogP contribution in [0.3, 0.4) is 0 Å². The summed E-state index contributed by atoms with van der Waals surface area (Å²) in [6.45, 7) is -2.47. The Morgan fingerprint density at radius 3 is 2.56 bits per heavy atom. The summed E-state index contributed by atoms with van der Waals surface area (Å²) in [6.07, 6.45) is -4.20. The van der Waals surface area contributed by atoms with Crippen LogP contribution in [0.25, 0.3) is 6.08 Å². The Bertz CT molecular complexity index is 948. The summed E-state index contributed by atoms with van der Waals surface area (Å²) in [4.78, 5) is 25.3. The van der Waals surface area contributed by atoms with Gasteiger partial charge in [-0.05, 0) is 17.7 Å². The standard InChI is InChI=1S/C19H14F3NO4/c20-19(21,22)27-16-9-5-4-8-14(16)10-11-17(24)23-15(12-26-18(23)25)13-6-2-1-3-7-13/h1-11,15H,12H2/i12D2. The molecule has 1 atom stereocenters. The SMILES string of the molecule is [2H]C1([2H])OC(=O)N(C(=O)C=Cc2ccccc2OC(F)(F)F)C1c1ccccc1. The van der Waals surface area contributed by atoms with E-state index in [4.69, 9.17) is 2.74 Å². The first-order valence-electron chi connectivity index (χ1n) is 8.72. The molecular formula is C19H14F3NO4. The van der Waals surface area contributed by atoms with E-state index in [1.807, 2.05) is 0 Å². The lowest BCUT2D eigenvalue weighted by Gasteiger charge is -2.18. The van der Waals surface area contributed by atoms with Crippen molar-refractivity contribution in [1.82, 2.24) is 4.90 Å². The van der Waals surface area contributed by atoms with Gasteiger partial charge in [0.15, 0.2) is 0 Å². The number of nitrogens with zero attached hydrogens (tertiary/aromatic N) is 1. The highest BCUT2D eigenvalue weighted by Gasteiger charge is 2.38. The van der Waals surface area contributed by atoms with E-state index in [0.717, 1.165) is 18.2 Å². The molecular weight excluding hydrogens is 363 g/mol. The molecule has 140 valence electrons. The lowest BCUT2D eigenvalue weighted by molar-refractivity contribution is -0.274. The molecule has 2 aromatic carbocycles. The quantitative estimate of drug-likeness (QED) is 0.743. The molecule has 8 heteroatoms. The van der Waals surface area contributed by atoms with E-state index in [1.54, 1.807) is 18.2 Å². The second-order valence-electron chi connectivity index (χ2n) is 5.43. The zero-order valence-corrected chi connectivity index (χ0v) is 13.6. The summed E-state index contributed by atoms with van der Waals surface area (Å²) in [5, 5.41) is 0. The summed E-state index contributed by atoms with van der Waals surface area (Å²) in [7, 11) is 0. The largest absolute Gasteiger partial charge is 0.573 e. The maximum absolute atomic E-state index is 12.6. The Morgan fingerprint density at radius 1 is 1.19 bits per heavy atom. The van der Waals surface area contributed by atoms with Gasteiger partial charge in [-0.15, -0.1) is 13.2 Å². The fourth-order valence-corrected chi connectivity index (χ4v) is 2.46. The number of ether oxygens (including phenoxy) is 2. The van der Waals surface area contributed by atoms with Gasteiger partial charge in [-0.1, -0.05) is 48.5 Å². The molecule has 1 aliphatic rings. The van der Waals surface area contributed by atoms with E-state index in [0.29, 0.717) is 10.5 Å². The molecule has 0 aromatic heterocycles. The normalized spacial score (nSPS) is 20.2. The molecule has 0 N–H and O–H groups in total. The van der Waals surface area contributed by atoms with Gasteiger partial charge in [0.1, 0.15) is 18.4 Å². The van der Waals surface area contributed by atoms with Crippen molar-refractivity contribution in [2.24, 2.45) is 0 Å². The maximum atomic E-state index is 12.6.